The largest absolute Gasteiger partial charge is 0.492 e. The van der Waals surface area contributed by atoms with Crippen LogP contribution in [0.1, 0.15) is 66.6 Å². The summed E-state index contributed by atoms with van der Waals surface area (Å²) in [6.07, 6.45) is 7.39. The molecule has 3 bridgehead atoms. The number of carbonyl (C=O) groups is 1. The van der Waals surface area contributed by atoms with E-state index in [9.17, 15) is 14.7 Å². The Balaban J connectivity index is 1.06. The van der Waals surface area contributed by atoms with Crippen molar-refractivity contribution < 1.29 is 23.5 Å². The van der Waals surface area contributed by atoms with Gasteiger partial charge in [0, 0.05) is 34.7 Å². The van der Waals surface area contributed by atoms with Crippen molar-refractivity contribution in [3.05, 3.63) is 100 Å². The molecule has 0 amide bonds. The number of ether oxygens (including phenoxy) is 1. The number of rotatable bonds is 8. The SMILES string of the molecule is Cc1cc(=O)oc2c1ccc1oc(C(=O)c3cccc(OCCN[C@]45CCC[C@@]6(O)CC(CC6C4)C5)c3)c(-c3ccccc3)c12. The van der Waals surface area contributed by atoms with Crippen LogP contribution in [-0.4, -0.2) is 35.2 Å². The molecule has 3 aliphatic rings. The quantitative estimate of drug-likeness (QED) is 0.110. The summed E-state index contributed by atoms with van der Waals surface area (Å²) in [6.45, 7) is 3.05. The zero-order valence-corrected chi connectivity index (χ0v) is 25.4. The fraction of sp³-hybridized carbons (Fsp3) is 0.368. The Hall–Kier alpha value is -4.20. The molecule has 4 atom stereocenters. The average Bonchev–Trinajstić information content (AvgIpc) is 3.50. The summed E-state index contributed by atoms with van der Waals surface area (Å²) in [6, 6.07) is 21.9. The van der Waals surface area contributed by atoms with Gasteiger partial charge in [-0.25, -0.2) is 4.79 Å². The highest BCUT2D eigenvalue weighted by Gasteiger charge is 2.56. The fourth-order valence-corrected chi connectivity index (χ4v) is 8.73. The fourth-order valence-electron chi connectivity index (χ4n) is 8.73. The molecule has 3 aliphatic carbocycles. The summed E-state index contributed by atoms with van der Waals surface area (Å²) in [5.41, 5.74) is 2.72. The monoisotopic (exact) mass is 603 g/mol. The number of aryl methyl sites for hydroxylation is 1. The summed E-state index contributed by atoms with van der Waals surface area (Å²) < 4.78 is 18.1. The average molecular weight is 604 g/mol. The number of furan rings is 1. The van der Waals surface area contributed by atoms with Gasteiger partial charge in [0.2, 0.25) is 5.78 Å². The highest BCUT2D eigenvalue weighted by molar-refractivity contribution is 6.20. The molecule has 0 radical (unpaired) electrons. The molecular formula is C38H37NO6. The highest BCUT2D eigenvalue weighted by atomic mass is 16.5. The van der Waals surface area contributed by atoms with Gasteiger partial charge < -0.3 is 24.0 Å². The Morgan fingerprint density at radius 1 is 1.00 bits per heavy atom. The van der Waals surface area contributed by atoms with Gasteiger partial charge in [-0.1, -0.05) is 42.5 Å². The Morgan fingerprint density at radius 3 is 2.73 bits per heavy atom. The zero-order valence-electron chi connectivity index (χ0n) is 25.4. The lowest BCUT2D eigenvalue weighted by Gasteiger charge is -2.41. The molecule has 7 heteroatoms. The van der Waals surface area contributed by atoms with Crippen LogP contribution in [0.4, 0.5) is 0 Å². The third-order valence-electron chi connectivity index (χ3n) is 10.6. The molecule has 5 aromatic rings. The van der Waals surface area contributed by atoms with E-state index in [1.54, 1.807) is 12.1 Å². The molecule has 2 aromatic heterocycles. The van der Waals surface area contributed by atoms with Crippen LogP contribution < -0.4 is 15.7 Å². The van der Waals surface area contributed by atoms with Crippen LogP contribution in [0.3, 0.4) is 0 Å². The van der Waals surface area contributed by atoms with Crippen LogP contribution in [0.15, 0.2) is 86.4 Å². The van der Waals surface area contributed by atoms with Crippen LogP contribution in [0.25, 0.3) is 33.1 Å². The number of hydrogen-bond donors (Lipinski definition) is 2. The van der Waals surface area contributed by atoms with E-state index in [1.165, 1.54) is 12.5 Å². The van der Waals surface area contributed by atoms with Crippen molar-refractivity contribution in [1.82, 2.24) is 5.32 Å². The molecule has 45 heavy (non-hydrogen) atoms. The van der Waals surface area contributed by atoms with Crippen molar-refractivity contribution in [3.63, 3.8) is 0 Å². The lowest BCUT2D eigenvalue weighted by atomic mass is 9.73. The summed E-state index contributed by atoms with van der Waals surface area (Å²) in [5, 5.41) is 16.4. The molecule has 3 saturated carbocycles. The molecule has 3 fully saturated rings. The maximum Gasteiger partial charge on any atom is 0.336 e. The molecule has 0 spiro atoms. The summed E-state index contributed by atoms with van der Waals surface area (Å²) in [5.74, 6) is 1.54. The van der Waals surface area contributed by atoms with Gasteiger partial charge in [0.25, 0.3) is 0 Å². The standard InChI is InChI=1S/C38H37NO6/c1-23-17-31(40)45-35-29(23)11-12-30-33(35)32(25-7-3-2-4-8-25)36(44-30)34(41)26-9-5-10-28(19-26)43-16-15-39-37-13-6-14-38(42)21-24(20-37)18-27(38)22-37/h2-5,7-12,17,19,24,27,39,42H,6,13-16,18,20-22H2,1H3/t24?,27?,37-,38+/m0/s1. The summed E-state index contributed by atoms with van der Waals surface area (Å²) in [7, 11) is 0. The molecule has 230 valence electrons. The second kappa shape index (κ2) is 10.7. The summed E-state index contributed by atoms with van der Waals surface area (Å²) >= 11 is 0. The molecule has 7 nitrogen and oxygen atoms in total. The normalized spacial score (nSPS) is 25.6. The molecule has 3 aromatic carbocycles. The van der Waals surface area contributed by atoms with Crippen LogP contribution in [0.5, 0.6) is 5.75 Å². The minimum Gasteiger partial charge on any atom is -0.492 e. The van der Waals surface area contributed by atoms with Gasteiger partial charge in [0.1, 0.15) is 23.5 Å². The molecule has 8 rings (SSSR count). The lowest BCUT2D eigenvalue weighted by molar-refractivity contribution is -0.00501. The number of hydrogen-bond acceptors (Lipinski definition) is 7. The predicted molar refractivity (Wildman–Crippen MR) is 173 cm³/mol. The third-order valence-corrected chi connectivity index (χ3v) is 10.6. The maximum atomic E-state index is 14.1. The first-order valence-corrected chi connectivity index (χ1v) is 16.1. The van der Waals surface area contributed by atoms with E-state index < -0.39 is 11.2 Å². The molecular weight excluding hydrogens is 566 g/mol. The molecule has 2 N–H and O–H groups in total. The zero-order chi connectivity index (χ0) is 30.8. The number of carbonyl (C=O) groups excluding carboxylic acids is 1. The van der Waals surface area contributed by atoms with Crippen molar-refractivity contribution in [2.45, 2.75) is 63.0 Å². The molecule has 0 saturated heterocycles. The number of benzene rings is 3. The molecule has 2 unspecified atom stereocenters. The first-order chi connectivity index (χ1) is 21.8. The van der Waals surface area contributed by atoms with Crippen molar-refractivity contribution in [2.24, 2.45) is 11.8 Å². The van der Waals surface area contributed by atoms with Gasteiger partial charge in [-0.05, 0) is 99.1 Å². The lowest BCUT2D eigenvalue weighted by Crippen LogP contribution is -2.50. The van der Waals surface area contributed by atoms with Crippen molar-refractivity contribution in [2.75, 3.05) is 13.2 Å². The van der Waals surface area contributed by atoms with E-state index in [-0.39, 0.29) is 17.1 Å². The first-order valence-electron chi connectivity index (χ1n) is 16.1. The second-order valence-corrected chi connectivity index (χ2v) is 13.5. The first kappa shape index (κ1) is 28.3. The van der Waals surface area contributed by atoms with Crippen molar-refractivity contribution in [1.29, 1.82) is 0 Å². The number of nitrogens with one attached hydrogen (secondary N) is 1. The van der Waals surface area contributed by atoms with E-state index in [2.05, 4.69) is 5.32 Å². The molecule has 2 heterocycles. The predicted octanol–water partition coefficient (Wildman–Crippen LogP) is 7.19. The van der Waals surface area contributed by atoms with Crippen LogP contribution >= 0.6 is 0 Å². The Morgan fingerprint density at radius 2 is 1.87 bits per heavy atom. The van der Waals surface area contributed by atoms with E-state index >= 15 is 0 Å². The molecule has 0 aliphatic heterocycles. The van der Waals surface area contributed by atoms with Gasteiger partial charge in [-0.2, -0.15) is 0 Å². The van der Waals surface area contributed by atoms with E-state index in [1.807, 2.05) is 61.5 Å². The summed E-state index contributed by atoms with van der Waals surface area (Å²) in [4.78, 5) is 26.5. The van der Waals surface area contributed by atoms with E-state index in [0.717, 1.165) is 55.0 Å². The van der Waals surface area contributed by atoms with Crippen LogP contribution in [-0.2, 0) is 0 Å². The van der Waals surface area contributed by atoms with Gasteiger partial charge in [-0.15, -0.1) is 0 Å². The minimum absolute atomic E-state index is 0.0900. The van der Waals surface area contributed by atoms with Crippen LogP contribution in [0.2, 0.25) is 0 Å². The Kier molecular flexibility index (Phi) is 6.73. The Labute approximate surface area is 261 Å². The van der Waals surface area contributed by atoms with Gasteiger partial charge in [-0.3, -0.25) is 4.79 Å². The number of fused-ring (bicyclic) bond motifs is 5. The third kappa shape index (κ3) is 4.89. The topological polar surface area (TPSA) is 102 Å². The van der Waals surface area contributed by atoms with Crippen molar-refractivity contribution in [3.8, 4) is 16.9 Å². The van der Waals surface area contributed by atoms with E-state index in [4.69, 9.17) is 13.6 Å². The van der Waals surface area contributed by atoms with E-state index in [0.29, 0.717) is 58.4 Å². The van der Waals surface area contributed by atoms with Gasteiger partial charge >= 0.3 is 5.63 Å². The van der Waals surface area contributed by atoms with Crippen LogP contribution in [0, 0.1) is 18.8 Å². The smallest absolute Gasteiger partial charge is 0.336 e. The van der Waals surface area contributed by atoms with Gasteiger partial charge in [0.15, 0.2) is 5.76 Å². The Bertz CT molecular complexity index is 1990. The number of aliphatic hydroxyl groups is 1. The highest BCUT2D eigenvalue weighted by Crippen LogP contribution is 2.57. The second-order valence-electron chi connectivity index (χ2n) is 13.5. The van der Waals surface area contributed by atoms with Gasteiger partial charge in [0.05, 0.1) is 11.0 Å². The maximum absolute atomic E-state index is 14.1. The van der Waals surface area contributed by atoms with Crippen molar-refractivity contribution >= 4 is 27.7 Å². The minimum atomic E-state index is -0.450. The number of ketones is 1.